The zero-order valence-electron chi connectivity index (χ0n) is 13.5. The van der Waals surface area contributed by atoms with Gasteiger partial charge in [0.15, 0.2) is 0 Å². The number of hydrogen-bond donors (Lipinski definition) is 1. The second kappa shape index (κ2) is 6.45. The van der Waals surface area contributed by atoms with Crippen LogP contribution in [-0.4, -0.2) is 39.1 Å². The van der Waals surface area contributed by atoms with Crippen molar-refractivity contribution in [2.75, 3.05) is 13.1 Å². The standard InChI is InChI=1S/C17H20N4O3/c1-19-15(22)7-8-20(17(19)24)11-16(23)21-9-13(14(18)10-21)12-5-3-2-4-6-12/h2-8,13-14H,9-11,18H2,1H3/t13-,14+/m0/s1. The van der Waals surface area contributed by atoms with E-state index in [0.29, 0.717) is 13.1 Å². The first-order chi connectivity index (χ1) is 11.5. The van der Waals surface area contributed by atoms with Crippen LogP contribution < -0.4 is 17.0 Å². The molecule has 0 saturated carbocycles. The Morgan fingerprint density at radius 3 is 2.58 bits per heavy atom. The van der Waals surface area contributed by atoms with E-state index in [9.17, 15) is 14.4 Å². The van der Waals surface area contributed by atoms with Gasteiger partial charge in [-0.15, -0.1) is 0 Å². The maximum absolute atomic E-state index is 12.5. The number of likely N-dealkylation sites (tertiary alicyclic amines) is 1. The third kappa shape index (κ3) is 3.03. The van der Waals surface area contributed by atoms with Crippen molar-refractivity contribution >= 4 is 5.91 Å². The summed E-state index contributed by atoms with van der Waals surface area (Å²) < 4.78 is 2.22. The third-order valence-corrected chi connectivity index (χ3v) is 4.51. The number of nitrogens with two attached hydrogens (primary N) is 1. The highest BCUT2D eigenvalue weighted by Crippen LogP contribution is 2.26. The fraction of sp³-hybridized carbons (Fsp3) is 0.353. The molecule has 2 heterocycles. The van der Waals surface area contributed by atoms with Gasteiger partial charge in [-0.05, 0) is 5.56 Å². The molecule has 2 N–H and O–H groups in total. The Kier molecular flexibility index (Phi) is 4.35. The minimum absolute atomic E-state index is 0.0898. The summed E-state index contributed by atoms with van der Waals surface area (Å²) in [5, 5.41) is 0. The SMILES string of the molecule is Cn1c(=O)ccn(CC(=O)N2C[C@@H](N)[C@H](c3ccccc3)C2)c1=O. The Balaban J connectivity index is 1.74. The molecule has 0 radical (unpaired) electrons. The van der Waals surface area contributed by atoms with Crippen LogP contribution in [0.1, 0.15) is 11.5 Å². The molecule has 126 valence electrons. The van der Waals surface area contributed by atoms with Crippen LogP contribution in [-0.2, 0) is 18.4 Å². The topological polar surface area (TPSA) is 90.3 Å². The Bertz CT molecular complexity index is 856. The summed E-state index contributed by atoms with van der Waals surface area (Å²) in [4.78, 5) is 37.6. The number of aromatic nitrogens is 2. The van der Waals surface area contributed by atoms with E-state index in [4.69, 9.17) is 5.73 Å². The Morgan fingerprint density at radius 2 is 1.88 bits per heavy atom. The average Bonchev–Trinajstić information content (AvgIpc) is 2.98. The highest BCUT2D eigenvalue weighted by atomic mass is 16.2. The summed E-state index contributed by atoms with van der Waals surface area (Å²) in [7, 11) is 1.39. The summed E-state index contributed by atoms with van der Waals surface area (Å²) in [6.45, 7) is 0.893. The van der Waals surface area contributed by atoms with Crippen molar-refractivity contribution in [3.63, 3.8) is 0 Å². The van der Waals surface area contributed by atoms with Crippen molar-refractivity contribution in [1.29, 1.82) is 0 Å². The first-order valence-electron chi connectivity index (χ1n) is 7.82. The average molecular weight is 328 g/mol. The molecule has 1 aliphatic rings. The largest absolute Gasteiger partial charge is 0.339 e. The molecular weight excluding hydrogens is 308 g/mol. The van der Waals surface area contributed by atoms with E-state index in [1.165, 1.54) is 23.9 Å². The maximum Gasteiger partial charge on any atom is 0.331 e. The molecule has 2 atom stereocenters. The van der Waals surface area contributed by atoms with Crippen molar-refractivity contribution in [2.24, 2.45) is 12.8 Å². The number of amides is 1. The molecule has 7 heteroatoms. The molecule has 1 aliphatic heterocycles. The molecule has 0 unspecified atom stereocenters. The van der Waals surface area contributed by atoms with Gasteiger partial charge in [-0.3, -0.25) is 18.7 Å². The number of benzene rings is 1. The van der Waals surface area contributed by atoms with Gasteiger partial charge >= 0.3 is 5.69 Å². The van der Waals surface area contributed by atoms with E-state index < -0.39 is 11.2 Å². The van der Waals surface area contributed by atoms with E-state index in [1.54, 1.807) is 4.90 Å². The molecule has 24 heavy (non-hydrogen) atoms. The fourth-order valence-corrected chi connectivity index (χ4v) is 3.07. The lowest BCUT2D eigenvalue weighted by atomic mass is 9.95. The smallest absolute Gasteiger partial charge is 0.331 e. The van der Waals surface area contributed by atoms with E-state index >= 15 is 0 Å². The highest BCUT2D eigenvalue weighted by Gasteiger charge is 2.33. The predicted molar refractivity (Wildman–Crippen MR) is 89.7 cm³/mol. The summed E-state index contributed by atoms with van der Waals surface area (Å²) >= 11 is 0. The van der Waals surface area contributed by atoms with E-state index in [-0.39, 0.29) is 24.4 Å². The fourth-order valence-electron chi connectivity index (χ4n) is 3.07. The van der Waals surface area contributed by atoms with Crippen LogP contribution in [0.15, 0.2) is 52.2 Å². The minimum Gasteiger partial charge on any atom is -0.339 e. The minimum atomic E-state index is -0.501. The van der Waals surface area contributed by atoms with Crippen molar-refractivity contribution in [3.05, 3.63) is 69.0 Å². The van der Waals surface area contributed by atoms with Crippen LogP contribution in [0.25, 0.3) is 0 Å². The molecule has 1 aromatic carbocycles. The van der Waals surface area contributed by atoms with E-state index in [0.717, 1.165) is 10.1 Å². The van der Waals surface area contributed by atoms with Crippen molar-refractivity contribution in [1.82, 2.24) is 14.0 Å². The second-order valence-electron chi connectivity index (χ2n) is 6.10. The lowest BCUT2D eigenvalue weighted by Gasteiger charge is -2.17. The number of rotatable bonds is 3. The summed E-state index contributed by atoms with van der Waals surface area (Å²) in [6.07, 6.45) is 1.35. The zero-order chi connectivity index (χ0) is 17.3. The zero-order valence-corrected chi connectivity index (χ0v) is 13.5. The number of carbonyl (C=O) groups is 1. The summed E-state index contributed by atoms with van der Waals surface area (Å²) in [5.41, 5.74) is 6.42. The molecule has 1 amide bonds. The van der Waals surface area contributed by atoms with Gasteiger partial charge in [0.1, 0.15) is 6.54 Å². The van der Waals surface area contributed by atoms with Gasteiger partial charge in [-0.25, -0.2) is 4.79 Å². The first-order valence-corrected chi connectivity index (χ1v) is 7.82. The number of hydrogen-bond acceptors (Lipinski definition) is 4. The number of carbonyl (C=O) groups excluding carboxylic acids is 1. The number of nitrogens with zero attached hydrogens (tertiary/aromatic N) is 3. The molecular formula is C17H20N4O3. The summed E-state index contributed by atoms with van der Waals surface area (Å²) in [6, 6.07) is 11.0. The van der Waals surface area contributed by atoms with Crippen LogP contribution in [0.5, 0.6) is 0 Å². The molecule has 7 nitrogen and oxygen atoms in total. The van der Waals surface area contributed by atoms with Gasteiger partial charge in [0.05, 0.1) is 0 Å². The molecule has 0 bridgehead atoms. The normalized spacial score (nSPS) is 20.3. The molecule has 3 rings (SSSR count). The quantitative estimate of drug-likeness (QED) is 0.822. The van der Waals surface area contributed by atoms with E-state index in [1.807, 2.05) is 30.3 Å². The van der Waals surface area contributed by atoms with Crippen molar-refractivity contribution < 1.29 is 4.79 Å². The van der Waals surface area contributed by atoms with Gasteiger partial charge in [0.2, 0.25) is 5.91 Å². The molecule has 0 spiro atoms. The lowest BCUT2D eigenvalue weighted by molar-refractivity contribution is -0.130. The van der Waals surface area contributed by atoms with Gasteiger partial charge in [0.25, 0.3) is 5.56 Å². The molecule has 2 aromatic rings. The Morgan fingerprint density at radius 1 is 1.17 bits per heavy atom. The van der Waals surface area contributed by atoms with Crippen LogP contribution in [0.4, 0.5) is 0 Å². The van der Waals surface area contributed by atoms with Crippen LogP contribution in [0.2, 0.25) is 0 Å². The first kappa shape index (κ1) is 16.2. The van der Waals surface area contributed by atoms with Gasteiger partial charge in [-0.1, -0.05) is 30.3 Å². The Labute approximate surface area is 138 Å². The lowest BCUT2D eigenvalue weighted by Crippen LogP contribution is -2.41. The Hall–Kier alpha value is -2.67. The molecule has 0 aliphatic carbocycles. The molecule has 1 saturated heterocycles. The van der Waals surface area contributed by atoms with Gasteiger partial charge < -0.3 is 10.6 Å². The van der Waals surface area contributed by atoms with Crippen LogP contribution >= 0.6 is 0 Å². The van der Waals surface area contributed by atoms with Gasteiger partial charge in [0, 0.05) is 44.4 Å². The van der Waals surface area contributed by atoms with Gasteiger partial charge in [-0.2, -0.15) is 0 Å². The molecule has 1 fully saturated rings. The highest BCUT2D eigenvalue weighted by molar-refractivity contribution is 5.76. The van der Waals surface area contributed by atoms with Crippen LogP contribution in [0.3, 0.4) is 0 Å². The molecule has 1 aromatic heterocycles. The predicted octanol–water partition coefficient (Wildman–Crippen LogP) is -0.500. The monoisotopic (exact) mass is 328 g/mol. The van der Waals surface area contributed by atoms with Crippen molar-refractivity contribution in [3.8, 4) is 0 Å². The second-order valence-corrected chi connectivity index (χ2v) is 6.10. The maximum atomic E-state index is 12.5. The van der Waals surface area contributed by atoms with E-state index in [2.05, 4.69) is 0 Å². The van der Waals surface area contributed by atoms with Crippen LogP contribution in [0, 0.1) is 0 Å². The van der Waals surface area contributed by atoms with Crippen molar-refractivity contribution in [2.45, 2.75) is 18.5 Å². The third-order valence-electron chi connectivity index (χ3n) is 4.51. The summed E-state index contributed by atoms with van der Waals surface area (Å²) in [5.74, 6) is -0.0865.